The van der Waals surface area contributed by atoms with Crippen molar-refractivity contribution in [3.8, 4) is 0 Å². The molecule has 0 atom stereocenters. The van der Waals surface area contributed by atoms with Crippen LogP contribution in [0.2, 0.25) is 0 Å². The average Bonchev–Trinajstić information content (AvgIpc) is 3.10. The first-order valence-corrected chi connectivity index (χ1v) is 8.49. The lowest BCUT2D eigenvalue weighted by Gasteiger charge is -2.06. The van der Waals surface area contributed by atoms with Crippen molar-refractivity contribution in [3.63, 3.8) is 0 Å². The Morgan fingerprint density at radius 3 is 2.75 bits per heavy atom. The number of benzene rings is 1. The van der Waals surface area contributed by atoms with Crippen LogP contribution < -0.4 is 4.80 Å². The summed E-state index contributed by atoms with van der Waals surface area (Å²) in [7, 11) is 3.45. The first-order chi connectivity index (χ1) is 11.5. The molecule has 0 fully saturated rings. The lowest BCUT2D eigenvalue weighted by Crippen LogP contribution is -2.19. The molecule has 0 aliphatic heterocycles. The molecule has 0 saturated carbocycles. The van der Waals surface area contributed by atoms with Crippen molar-refractivity contribution in [3.05, 3.63) is 46.0 Å². The van der Waals surface area contributed by atoms with Gasteiger partial charge in [0.05, 0.1) is 16.8 Å². The minimum atomic E-state index is -0.332. The fourth-order valence-corrected chi connectivity index (χ4v) is 3.61. The summed E-state index contributed by atoms with van der Waals surface area (Å²) in [5, 5.41) is 4.12. The summed E-state index contributed by atoms with van der Waals surface area (Å²) in [5.41, 5.74) is 3.87. The molecule has 0 radical (unpaired) electrons. The number of hydrogen-bond acceptors (Lipinski definition) is 4. The summed E-state index contributed by atoms with van der Waals surface area (Å²) in [4.78, 5) is 17.4. The van der Waals surface area contributed by atoms with Crippen molar-refractivity contribution in [1.29, 1.82) is 0 Å². The van der Waals surface area contributed by atoms with Gasteiger partial charge in [-0.1, -0.05) is 11.3 Å². The Labute approximate surface area is 144 Å². The second kappa shape index (κ2) is 6.70. The largest absolute Gasteiger partial charge is 0.383 e. The van der Waals surface area contributed by atoms with Crippen molar-refractivity contribution in [2.45, 2.75) is 20.4 Å². The van der Waals surface area contributed by atoms with E-state index in [0.29, 0.717) is 23.6 Å². The monoisotopic (exact) mass is 344 g/mol. The van der Waals surface area contributed by atoms with Crippen LogP contribution >= 0.6 is 11.3 Å². The fourth-order valence-electron chi connectivity index (χ4n) is 2.48. The zero-order chi connectivity index (χ0) is 17.3. The summed E-state index contributed by atoms with van der Waals surface area (Å²) < 4.78 is 9.96. The van der Waals surface area contributed by atoms with E-state index in [4.69, 9.17) is 4.74 Å². The molecule has 0 bridgehead atoms. The molecule has 2 aromatic heterocycles. The molecule has 0 saturated heterocycles. The van der Waals surface area contributed by atoms with E-state index in [2.05, 4.69) is 36.1 Å². The lowest BCUT2D eigenvalue weighted by atomic mass is 10.1. The molecule has 6 nitrogen and oxygen atoms in total. The highest BCUT2D eigenvalue weighted by Gasteiger charge is 2.12. The summed E-state index contributed by atoms with van der Waals surface area (Å²) in [6, 6.07) is 5.96. The average molecular weight is 344 g/mol. The number of aromatic nitrogens is 3. The third-order valence-corrected chi connectivity index (χ3v) is 4.99. The zero-order valence-corrected chi connectivity index (χ0v) is 15.1. The van der Waals surface area contributed by atoms with Crippen LogP contribution in [0.3, 0.4) is 0 Å². The Balaban J connectivity index is 2.14. The normalized spacial score (nSPS) is 12.2. The Bertz CT molecular complexity index is 965. The highest BCUT2D eigenvalue weighted by Crippen LogP contribution is 2.22. The molecular weight excluding hydrogens is 324 g/mol. The molecule has 0 aliphatic rings. The molecule has 1 amide bonds. The quantitative estimate of drug-likeness (QED) is 0.730. The molecule has 0 N–H and O–H groups in total. The van der Waals surface area contributed by atoms with Crippen molar-refractivity contribution in [2.24, 2.45) is 12.0 Å². The molecule has 1 aromatic carbocycles. The number of rotatable bonds is 4. The van der Waals surface area contributed by atoms with E-state index in [9.17, 15) is 4.79 Å². The van der Waals surface area contributed by atoms with Crippen molar-refractivity contribution in [1.82, 2.24) is 14.3 Å². The fraction of sp³-hybridized carbons (Fsp3) is 0.353. The van der Waals surface area contributed by atoms with Gasteiger partial charge >= 0.3 is 0 Å². The van der Waals surface area contributed by atoms with Gasteiger partial charge in [0.25, 0.3) is 5.91 Å². The van der Waals surface area contributed by atoms with Crippen molar-refractivity contribution < 1.29 is 9.53 Å². The summed E-state index contributed by atoms with van der Waals surface area (Å²) in [6.45, 7) is 5.38. The van der Waals surface area contributed by atoms with Crippen molar-refractivity contribution in [2.75, 3.05) is 13.7 Å². The number of methoxy groups -OCH3 is 1. The van der Waals surface area contributed by atoms with Crippen LogP contribution in [0.4, 0.5) is 0 Å². The molecule has 7 heteroatoms. The zero-order valence-electron chi connectivity index (χ0n) is 14.2. The van der Waals surface area contributed by atoms with Crippen LogP contribution in [0.25, 0.3) is 10.2 Å². The van der Waals surface area contributed by atoms with Gasteiger partial charge < -0.3 is 9.30 Å². The van der Waals surface area contributed by atoms with Crippen LogP contribution in [-0.2, 0) is 18.3 Å². The van der Waals surface area contributed by atoms with E-state index >= 15 is 0 Å². The number of amides is 1. The van der Waals surface area contributed by atoms with Gasteiger partial charge in [-0.25, -0.2) is 0 Å². The topological polar surface area (TPSA) is 61.4 Å². The number of nitrogens with zero attached hydrogens (tertiary/aromatic N) is 4. The number of thiazole rings is 1. The van der Waals surface area contributed by atoms with E-state index in [1.165, 1.54) is 22.5 Å². The summed E-state index contributed by atoms with van der Waals surface area (Å²) in [6.07, 6.45) is 1.74. The lowest BCUT2D eigenvalue weighted by molar-refractivity contribution is 0.0992. The Kier molecular flexibility index (Phi) is 4.64. The number of aryl methyl sites for hydroxylation is 3. The maximum atomic E-state index is 12.4. The summed E-state index contributed by atoms with van der Waals surface area (Å²) >= 11 is 1.51. The highest BCUT2D eigenvalue weighted by atomic mass is 32.1. The minimum absolute atomic E-state index is 0.332. The van der Waals surface area contributed by atoms with E-state index in [0.717, 1.165) is 10.2 Å². The Morgan fingerprint density at radius 2 is 2.08 bits per heavy atom. The SMILES string of the molecule is COCCn1c(=NC(=O)c2ccn(C)n2)sc2cc(C)c(C)cc21. The van der Waals surface area contributed by atoms with E-state index in [1.807, 2.05) is 4.57 Å². The number of fused-ring (bicyclic) bond motifs is 1. The standard InChI is InChI=1S/C17H20N4O2S/c1-11-9-14-15(10-12(11)2)24-17(21(14)7-8-23-4)18-16(22)13-5-6-20(3)19-13/h5-6,9-10H,7-8H2,1-4H3. The molecular formula is C17H20N4O2S. The van der Waals surface area contributed by atoms with Crippen molar-refractivity contribution >= 4 is 27.5 Å². The number of carbonyl (C=O) groups is 1. The highest BCUT2D eigenvalue weighted by molar-refractivity contribution is 7.16. The molecule has 2 heterocycles. The second-order valence-electron chi connectivity index (χ2n) is 5.72. The van der Waals surface area contributed by atoms with E-state index in [-0.39, 0.29) is 5.91 Å². The maximum absolute atomic E-state index is 12.4. The van der Waals surface area contributed by atoms with Gasteiger partial charge in [-0.2, -0.15) is 10.1 Å². The van der Waals surface area contributed by atoms with E-state index in [1.54, 1.807) is 31.1 Å². The predicted octanol–water partition coefficient (Wildman–Crippen LogP) is 2.44. The van der Waals surface area contributed by atoms with Crippen LogP contribution in [0.5, 0.6) is 0 Å². The second-order valence-corrected chi connectivity index (χ2v) is 6.73. The van der Waals surface area contributed by atoms with Gasteiger partial charge in [0, 0.05) is 26.9 Å². The number of carbonyl (C=O) groups excluding carboxylic acids is 1. The van der Waals surface area contributed by atoms with Gasteiger partial charge in [0.15, 0.2) is 10.5 Å². The smallest absolute Gasteiger partial charge is 0.300 e. The molecule has 0 aliphatic carbocycles. The number of ether oxygens (including phenoxy) is 1. The molecule has 0 unspecified atom stereocenters. The van der Waals surface area contributed by atoms with Gasteiger partial charge in [-0.05, 0) is 43.2 Å². The van der Waals surface area contributed by atoms with Gasteiger partial charge in [-0.3, -0.25) is 9.48 Å². The first kappa shape index (κ1) is 16.6. The Morgan fingerprint density at radius 1 is 1.33 bits per heavy atom. The molecule has 3 aromatic rings. The Hall–Kier alpha value is -2.25. The third kappa shape index (κ3) is 3.18. The maximum Gasteiger partial charge on any atom is 0.300 e. The van der Waals surface area contributed by atoms with Gasteiger partial charge in [-0.15, -0.1) is 0 Å². The minimum Gasteiger partial charge on any atom is -0.383 e. The van der Waals surface area contributed by atoms with Crippen LogP contribution in [-0.4, -0.2) is 34.0 Å². The molecule has 126 valence electrons. The molecule has 24 heavy (non-hydrogen) atoms. The molecule has 3 rings (SSSR count). The summed E-state index contributed by atoms with van der Waals surface area (Å²) in [5.74, 6) is -0.332. The predicted molar refractivity (Wildman–Crippen MR) is 94.3 cm³/mol. The van der Waals surface area contributed by atoms with Gasteiger partial charge in [0.1, 0.15) is 0 Å². The van der Waals surface area contributed by atoms with Crippen LogP contribution in [0.15, 0.2) is 29.4 Å². The third-order valence-electron chi connectivity index (χ3n) is 3.95. The van der Waals surface area contributed by atoms with Gasteiger partial charge in [0.2, 0.25) is 0 Å². The van der Waals surface area contributed by atoms with Crippen LogP contribution in [0.1, 0.15) is 21.6 Å². The first-order valence-electron chi connectivity index (χ1n) is 7.68. The van der Waals surface area contributed by atoms with Crippen LogP contribution in [0, 0.1) is 13.8 Å². The molecule has 0 spiro atoms. The number of hydrogen-bond donors (Lipinski definition) is 0. The van der Waals surface area contributed by atoms with E-state index < -0.39 is 0 Å².